The molecule has 0 saturated carbocycles. The number of benzene rings is 1. The van der Waals surface area contributed by atoms with Crippen molar-refractivity contribution in [2.45, 2.75) is 46.1 Å². The van der Waals surface area contributed by atoms with E-state index >= 15 is 0 Å². The SMILES string of the molecule is CCCCC(=O)Nc1ccc(C(=O)N[C@H](c2ccccn2)C(C)C)cc1. The lowest BCUT2D eigenvalue weighted by molar-refractivity contribution is -0.116. The maximum Gasteiger partial charge on any atom is 0.251 e. The van der Waals surface area contributed by atoms with Crippen LogP contribution in [0.1, 0.15) is 62.1 Å². The molecule has 1 heterocycles. The first-order valence-electron chi connectivity index (χ1n) is 9.13. The molecule has 1 atom stereocenters. The third kappa shape index (κ3) is 5.69. The predicted molar refractivity (Wildman–Crippen MR) is 104 cm³/mol. The van der Waals surface area contributed by atoms with Crippen LogP contribution in [0.5, 0.6) is 0 Å². The molecule has 1 aromatic heterocycles. The minimum Gasteiger partial charge on any atom is -0.343 e. The molecule has 0 radical (unpaired) electrons. The molecule has 0 fully saturated rings. The smallest absolute Gasteiger partial charge is 0.251 e. The summed E-state index contributed by atoms with van der Waals surface area (Å²) in [5, 5.41) is 5.90. The van der Waals surface area contributed by atoms with E-state index in [-0.39, 0.29) is 23.8 Å². The highest BCUT2D eigenvalue weighted by Gasteiger charge is 2.20. The van der Waals surface area contributed by atoms with Crippen LogP contribution < -0.4 is 10.6 Å². The molecule has 5 nitrogen and oxygen atoms in total. The summed E-state index contributed by atoms with van der Waals surface area (Å²) in [5.41, 5.74) is 2.10. The number of rotatable bonds is 8. The number of carbonyl (C=O) groups is 2. The fourth-order valence-electron chi connectivity index (χ4n) is 2.63. The number of unbranched alkanes of at least 4 members (excludes halogenated alkanes) is 1. The van der Waals surface area contributed by atoms with E-state index in [4.69, 9.17) is 0 Å². The Labute approximate surface area is 155 Å². The van der Waals surface area contributed by atoms with Crippen molar-refractivity contribution in [1.29, 1.82) is 0 Å². The van der Waals surface area contributed by atoms with Gasteiger partial charge in [0.15, 0.2) is 0 Å². The first kappa shape index (κ1) is 19.6. The van der Waals surface area contributed by atoms with Crippen LogP contribution in [0, 0.1) is 5.92 Å². The van der Waals surface area contributed by atoms with Gasteiger partial charge in [0, 0.05) is 23.9 Å². The maximum absolute atomic E-state index is 12.6. The monoisotopic (exact) mass is 353 g/mol. The number of hydrogen-bond donors (Lipinski definition) is 2. The van der Waals surface area contributed by atoms with E-state index in [2.05, 4.69) is 36.4 Å². The number of nitrogens with one attached hydrogen (secondary N) is 2. The molecule has 0 spiro atoms. The molecular formula is C21H27N3O2. The zero-order valence-corrected chi connectivity index (χ0v) is 15.7. The molecule has 0 saturated heterocycles. The minimum absolute atomic E-state index is 0.000856. The minimum atomic E-state index is -0.155. The van der Waals surface area contributed by atoms with Gasteiger partial charge in [0.05, 0.1) is 11.7 Å². The summed E-state index contributed by atoms with van der Waals surface area (Å²) in [6, 6.07) is 12.5. The van der Waals surface area contributed by atoms with Crippen LogP contribution in [0.2, 0.25) is 0 Å². The Kier molecular flexibility index (Phi) is 7.33. The lowest BCUT2D eigenvalue weighted by Gasteiger charge is -2.22. The molecule has 2 rings (SSSR count). The van der Waals surface area contributed by atoms with Gasteiger partial charge in [-0.25, -0.2) is 0 Å². The lowest BCUT2D eigenvalue weighted by Crippen LogP contribution is -2.32. The normalized spacial score (nSPS) is 11.8. The summed E-state index contributed by atoms with van der Waals surface area (Å²) < 4.78 is 0. The third-order valence-electron chi connectivity index (χ3n) is 4.15. The molecule has 0 aliphatic heterocycles. The molecule has 0 unspecified atom stereocenters. The van der Waals surface area contributed by atoms with Crippen molar-refractivity contribution in [3.63, 3.8) is 0 Å². The second-order valence-electron chi connectivity index (χ2n) is 6.68. The zero-order chi connectivity index (χ0) is 18.9. The van der Waals surface area contributed by atoms with Gasteiger partial charge in [-0.1, -0.05) is 33.3 Å². The van der Waals surface area contributed by atoms with Crippen molar-refractivity contribution in [3.05, 3.63) is 59.9 Å². The topological polar surface area (TPSA) is 71.1 Å². The second kappa shape index (κ2) is 9.70. The van der Waals surface area contributed by atoms with E-state index in [0.29, 0.717) is 17.7 Å². The number of amides is 2. The molecule has 0 aliphatic rings. The summed E-state index contributed by atoms with van der Waals surface area (Å²) in [5.74, 6) is 0.0586. The highest BCUT2D eigenvalue weighted by atomic mass is 16.2. The molecular weight excluding hydrogens is 326 g/mol. The zero-order valence-electron chi connectivity index (χ0n) is 15.7. The number of hydrogen-bond acceptors (Lipinski definition) is 3. The van der Waals surface area contributed by atoms with E-state index in [1.54, 1.807) is 30.5 Å². The Morgan fingerprint density at radius 1 is 1.08 bits per heavy atom. The highest BCUT2D eigenvalue weighted by molar-refractivity contribution is 5.96. The van der Waals surface area contributed by atoms with Crippen LogP contribution >= 0.6 is 0 Å². The highest BCUT2D eigenvalue weighted by Crippen LogP contribution is 2.20. The summed E-state index contributed by atoms with van der Waals surface area (Å²) in [4.78, 5) is 28.7. The standard InChI is InChI=1S/C21H27N3O2/c1-4-5-9-19(25)23-17-12-10-16(11-13-17)21(26)24-20(15(2)3)18-8-6-7-14-22-18/h6-8,10-15,20H,4-5,9H2,1-3H3,(H,23,25)(H,24,26)/t20-/m0/s1. The largest absolute Gasteiger partial charge is 0.343 e. The molecule has 26 heavy (non-hydrogen) atoms. The quantitative estimate of drug-likeness (QED) is 0.742. The first-order chi connectivity index (χ1) is 12.5. The van der Waals surface area contributed by atoms with Gasteiger partial charge in [0.2, 0.25) is 5.91 Å². The molecule has 0 bridgehead atoms. The third-order valence-corrected chi connectivity index (χ3v) is 4.15. The van der Waals surface area contributed by atoms with Crippen molar-refractivity contribution in [2.75, 3.05) is 5.32 Å². The van der Waals surface area contributed by atoms with Crippen LogP contribution in [-0.2, 0) is 4.79 Å². The van der Waals surface area contributed by atoms with Gasteiger partial charge >= 0.3 is 0 Å². The first-order valence-corrected chi connectivity index (χ1v) is 9.13. The molecule has 0 aliphatic carbocycles. The summed E-state index contributed by atoms with van der Waals surface area (Å²) in [6.07, 6.45) is 4.10. The summed E-state index contributed by atoms with van der Waals surface area (Å²) in [6.45, 7) is 6.15. The fourth-order valence-corrected chi connectivity index (χ4v) is 2.63. The molecule has 2 aromatic rings. The molecule has 2 amide bonds. The Bertz CT molecular complexity index is 712. The molecule has 5 heteroatoms. The van der Waals surface area contributed by atoms with Crippen LogP contribution in [0.15, 0.2) is 48.7 Å². The second-order valence-corrected chi connectivity index (χ2v) is 6.68. The van der Waals surface area contributed by atoms with Crippen LogP contribution in [-0.4, -0.2) is 16.8 Å². The van der Waals surface area contributed by atoms with E-state index < -0.39 is 0 Å². The Morgan fingerprint density at radius 2 is 1.81 bits per heavy atom. The Morgan fingerprint density at radius 3 is 2.38 bits per heavy atom. The average Bonchev–Trinajstić information content (AvgIpc) is 2.65. The van der Waals surface area contributed by atoms with Crippen molar-refractivity contribution >= 4 is 17.5 Å². The maximum atomic E-state index is 12.6. The lowest BCUT2D eigenvalue weighted by atomic mass is 9.99. The summed E-state index contributed by atoms with van der Waals surface area (Å²) in [7, 11) is 0. The van der Waals surface area contributed by atoms with Gasteiger partial charge in [-0.15, -0.1) is 0 Å². The number of carbonyl (C=O) groups excluding carboxylic acids is 2. The molecule has 138 valence electrons. The van der Waals surface area contributed by atoms with Gasteiger partial charge in [0.1, 0.15) is 0 Å². The Hall–Kier alpha value is -2.69. The van der Waals surface area contributed by atoms with E-state index in [0.717, 1.165) is 18.5 Å². The van der Waals surface area contributed by atoms with E-state index in [1.165, 1.54) is 0 Å². The predicted octanol–water partition coefficient (Wildman–Crippen LogP) is 4.34. The van der Waals surface area contributed by atoms with Crippen molar-refractivity contribution < 1.29 is 9.59 Å². The molecule has 2 N–H and O–H groups in total. The van der Waals surface area contributed by atoms with Crippen molar-refractivity contribution in [3.8, 4) is 0 Å². The van der Waals surface area contributed by atoms with Gasteiger partial charge in [-0.2, -0.15) is 0 Å². The van der Waals surface area contributed by atoms with Crippen LogP contribution in [0.25, 0.3) is 0 Å². The van der Waals surface area contributed by atoms with Gasteiger partial charge < -0.3 is 10.6 Å². The number of pyridine rings is 1. The Balaban J connectivity index is 2.01. The fraction of sp³-hybridized carbons (Fsp3) is 0.381. The van der Waals surface area contributed by atoms with Crippen LogP contribution in [0.3, 0.4) is 0 Å². The van der Waals surface area contributed by atoms with Gasteiger partial charge in [-0.3, -0.25) is 14.6 Å². The van der Waals surface area contributed by atoms with Gasteiger partial charge in [-0.05, 0) is 48.7 Å². The van der Waals surface area contributed by atoms with Gasteiger partial charge in [0.25, 0.3) is 5.91 Å². The molecule has 1 aromatic carbocycles. The number of anilines is 1. The van der Waals surface area contributed by atoms with Crippen molar-refractivity contribution in [1.82, 2.24) is 10.3 Å². The van der Waals surface area contributed by atoms with Crippen molar-refractivity contribution in [2.24, 2.45) is 5.92 Å². The summed E-state index contributed by atoms with van der Waals surface area (Å²) >= 11 is 0. The number of nitrogens with zero attached hydrogens (tertiary/aromatic N) is 1. The van der Waals surface area contributed by atoms with E-state index in [9.17, 15) is 9.59 Å². The van der Waals surface area contributed by atoms with Crippen LogP contribution in [0.4, 0.5) is 5.69 Å². The number of aromatic nitrogens is 1. The van der Waals surface area contributed by atoms with E-state index in [1.807, 2.05) is 18.2 Å². The average molecular weight is 353 g/mol.